The Morgan fingerprint density at radius 1 is 0.367 bits per heavy atom. The van der Waals surface area contributed by atoms with E-state index in [4.69, 9.17) is 0 Å². The number of nitrogens with zero attached hydrogens (tertiary/aromatic N) is 2. The van der Waals surface area contributed by atoms with Crippen LogP contribution >= 0.6 is 11.3 Å². The third-order valence-corrected chi connectivity index (χ3v) is 10.9. The van der Waals surface area contributed by atoms with Crippen molar-refractivity contribution >= 4 is 81.1 Å². The van der Waals surface area contributed by atoms with Crippen molar-refractivity contribution < 1.29 is 0 Å². The first-order valence-electron chi connectivity index (χ1n) is 16.7. The number of rotatable bonds is 5. The van der Waals surface area contributed by atoms with E-state index in [0.717, 1.165) is 22.7 Å². The van der Waals surface area contributed by atoms with E-state index in [0.29, 0.717) is 0 Å². The summed E-state index contributed by atoms with van der Waals surface area (Å²) in [7, 11) is 0. The molecule has 3 heteroatoms. The van der Waals surface area contributed by atoms with Crippen molar-refractivity contribution in [2.75, 3.05) is 4.90 Å². The molecular weight excluding hydrogens is 613 g/mol. The molecule has 0 radical (unpaired) electrons. The van der Waals surface area contributed by atoms with Gasteiger partial charge in [0.2, 0.25) is 0 Å². The van der Waals surface area contributed by atoms with Gasteiger partial charge < -0.3 is 9.47 Å². The average Bonchev–Trinajstić information content (AvgIpc) is 3.69. The Morgan fingerprint density at radius 2 is 0.939 bits per heavy atom. The number of benzene rings is 8. The van der Waals surface area contributed by atoms with E-state index in [1.807, 2.05) is 11.3 Å². The van der Waals surface area contributed by atoms with Crippen LogP contribution in [0.2, 0.25) is 0 Å². The van der Waals surface area contributed by atoms with Crippen LogP contribution in [0.4, 0.5) is 17.1 Å². The molecule has 49 heavy (non-hydrogen) atoms. The zero-order valence-corrected chi connectivity index (χ0v) is 27.4. The number of aromatic nitrogens is 1. The Hall–Kier alpha value is -6.16. The van der Waals surface area contributed by atoms with E-state index in [1.165, 1.54) is 63.9 Å². The lowest BCUT2D eigenvalue weighted by Crippen LogP contribution is -2.10. The first kappa shape index (κ1) is 27.9. The van der Waals surface area contributed by atoms with Crippen molar-refractivity contribution in [1.29, 1.82) is 0 Å². The predicted molar refractivity (Wildman–Crippen MR) is 211 cm³/mol. The van der Waals surface area contributed by atoms with E-state index < -0.39 is 0 Å². The molecule has 230 valence electrons. The summed E-state index contributed by atoms with van der Waals surface area (Å²) in [5, 5.41) is 7.61. The average molecular weight is 643 g/mol. The van der Waals surface area contributed by atoms with E-state index in [2.05, 4.69) is 191 Å². The van der Waals surface area contributed by atoms with Crippen LogP contribution < -0.4 is 4.90 Å². The van der Waals surface area contributed by atoms with E-state index >= 15 is 0 Å². The third-order valence-electron chi connectivity index (χ3n) is 9.74. The fraction of sp³-hybridized carbons (Fsp3) is 0. The lowest BCUT2D eigenvalue weighted by Gasteiger charge is -2.26. The van der Waals surface area contributed by atoms with Gasteiger partial charge in [0, 0.05) is 53.7 Å². The van der Waals surface area contributed by atoms with Gasteiger partial charge in [0.25, 0.3) is 0 Å². The Kier molecular flexibility index (Phi) is 6.39. The number of hydrogen-bond donors (Lipinski definition) is 0. The molecule has 0 bridgehead atoms. The summed E-state index contributed by atoms with van der Waals surface area (Å²) in [5.41, 5.74) is 9.34. The number of thiophene rings is 1. The lowest BCUT2D eigenvalue weighted by molar-refractivity contribution is 1.18. The first-order valence-corrected chi connectivity index (χ1v) is 17.5. The fourth-order valence-electron chi connectivity index (χ4n) is 7.42. The van der Waals surface area contributed by atoms with Crippen LogP contribution in [0.25, 0.3) is 69.6 Å². The molecule has 0 saturated carbocycles. The van der Waals surface area contributed by atoms with Gasteiger partial charge in [0.05, 0.1) is 11.0 Å². The van der Waals surface area contributed by atoms with E-state index in [-0.39, 0.29) is 0 Å². The molecule has 10 rings (SSSR count). The minimum Gasteiger partial charge on any atom is -0.310 e. The molecule has 0 aliphatic heterocycles. The summed E-state index contributed by atoms with van der Waals surface area (Å²) in [6.07, 6.45) is 0. The van der Waals surface area contributed by atoms with Crippen molar-refractivity contribution in [3.8, 4) is 16.8 Å². The summed E-state index contributed by atoms with van der Waals surface area (Å²) in [6.45, 7) is 0. The molecule has 2 nitrogen and oxygen atoms in total. The Balaban J connectivity index is 1.22. The van der Waals surface area contributed by atoms with Gasteiger partial charge in [-0.2, -0.15) is 0 Å². The van der Waals surface area contributed by atoms with Gasteiger partial charge in [-0.25, -0.2) is 0 Å². The van der Waals surface area contributed by atoms with Crippen LogP contribution in [-0.2, 0) is 0 Å². The molecule has 0 aliphatic carbocycles. The highest BCUT2D eigenvalue weighted by molar-refractivity contribution is 7.25. The van der Waals surface area contributed by atoms with Crippen LogP contribution in [0.1, 0.15) is 0 Å². The highest BCUT2D eigenvalue weighted by atomic mass is 32.1. The largest absolute Gasteiger partial charge is 0.310 e. The highest BCUT2D eigenvalue weighted by Crippen LogP contribution is 2.43. The predicted octanol–water partition coefficient (Wildman–Crippen LogP) is 13.4. The van der Waals surface area contributed by atoms with Crippen LogP contribution in [0.3, 0.4) is 0 Å². The molecule has 0 atom stereocenters. The summed E-state index contributed by atoms with van der Waals surface area (Å²) in [6, 6.07) is 66.3. The zero-order chi connectivity index (χ0) is 32.3. The molecule has 10 aromatic rings. The second-order valence-electron chi connectivity index (χ2n) is 12.6. The summed E-state index contributed by atoms with van der Waals surface area (Å²) in [5.74, 6) is 0. The quantitative estimate of drug-likeness (QED) is 0.181. The summed E-state index contributed by atoms with van der Waals surface area (Å²) >= 11 is 1.86. The fourth-order valence-corrected chi connectivity index (χ4v) is 8.56. The molecule has 0 amide bonds. The maximum atomic E-state index is 2.42. The molecule has 8 aromatic carbocycles. The Bertz CT molecular complexity index is 2810. The van der Waals surface area contributed by atoms with Crippen molar-refractivity contribution in [2.24, 2.45) is 0 Å². The molecule has 0 N–H and O–H groups in total. The van der Waals surface area contributed by atoms with Crippen molar-refractivity contribution in [1.82, 2.24) is 4.57 Å². The van der Waals surface area contributed by atoms with Gasteiger partial charge in [-0.1, -0.05) is 115 Å². The first-order chi connectivity index (χ1) is 24.3. The van der Waals surface area contributed by atoms with Gasteiger partial charge in [-0.3, -0.25) is 0 Å². The normalized spacial score (nSPS) is 11.7. The summed E-state index contributed by atoms with van der Waals surface area (Å²) in [4.78, 5) is 2.40. The van der Waals surface area contributed by atoms with Crippen molar-refractivity contribution in [3.05, 3.63) is 182 Å². The topological polar surface area (TPSA) is 8.17 Å². The van der Waals surface area contributed by atoms with Crippen LogP contribution in [0, 0.1) is 0 Å². The molecule has 0 aliphatic rings. The lowest BCUT2D eigenvalue weighted by atomic mass is 10.0. The maximum Gasteiger partial charge on any atom is 0.0561 e. The second-order valence-corrected chi connectivity index (χ2v) is 13.7. The van der Waals surface area contributed by atoms with Crippen molar-refractivity contribution in [3.63, 3.8) is 0 Å². The second kappa shape index (κ2) is 11.2. The molecule has 0 fully saturated rings. The Morgan fingerprint density at radius 3 is 1.73 bits per heavy atom. The van der Waals surface area contributed by atoms with Crippen molar-refractivity contribution in [2.45, 2.75) is 0 Å². The highest BCUT2D eigenvalue weighted by Gasteiger charge is 2.19. The number of hydrogen-bond acceptors (Lipinski definition) is 2. The Labute approximate surface area is 288 Å². The van der Waals surface area contributed by atoms with Gasteiger partial charge in [-0.15, -0.1) is 11.3 Å². The molecule has 0 unspecified atom stereocenters. The molecule has 2 heterocycles. The van der Waals surface area contributed by atoms with E-state index in [1.54, 1.807) is 0 Å². The van der Waals surface area contributed by atoms with Gasteiger partial charge in [-0.05, 0) is 88.6 Å². The molecular formula is C46H30N2S. The van der Waals surface area contributed by atoms with Gasteiger partial charge in [0.1, 0.15) is 0 Å². The minimum atomic E-state index is 1.12. The van der Waals surface area contributed by atoms with Gasteiger partial charge >= 0.3 is 0 Å². The molecule has 0 spiro atoms. The number of anilines is 3. The monoisotopic (exact) mass is 642 g/mol. The van der Waals surface area contributed by atoms with Crippen LogP contribution in [-0.4, -0.2) is 4.57 Å². The van der Waals surface area contributed by atoms with Crippen LogP contribution in [0.5, 0.6) is 0 Å². The van der Waals surface area contributed by atoms with Crippen LogP contribution in [0.15, 0.2) is 182 Å². The maximum absolute atomic E-state index is 2.42. The van der Waals surface area contributed by atoms with Gasteiger partial charge in [0.15, 0.2) is 0 Å². The summed E-state index contributed by atoms with van der Waals surface area (Å²) < 4.78 is 5.03. The molecule has 2 aromatic heterocycles. The zero-order valence-electron chi connectivity index (χ0n) is 26.6. The molecule has 0 saturated heterocycles. The minimum absolute atomic E-state index is 1.12. The third kappa shape index (κ3) is 4.62. The standard InChI is InChI=1S/C46H30N2S/c1-3-11-31(12-4-1)32-19-21-36(22-20-32)47(38-24-26-41-40-17-9-10-18-45(40)49-46(41)30-38)37-23-25-39-42-27-33-13-7-8-14-34(33)28-43(42)48(44(39)29-37)35-15-5-2-6-16-35/h1-30H. The number of para-hydroxylation sites is 1. The number of fused-ring (bicyclic) bond motifs is 7. The smallest absolute Gasteiger partial charge is 0.0561 e. The SMILES string of the molecule is c1ccc(-c2ccc(N(c3ccc4c(c3)sc3ccccc34)c3ccc4c5cc6ccccc6cc5n(-c5ccccc5)c4c3)cc2)cc1. The van der Waals surface area contributed by atoms with E-state index in [9.17, 15) is 0 Å².